The Morgan fingerprint density at radius 3 is 2.78 bits per heavy atom. The zero-order valence-corrected chi connectivity index (χ0v) is 10.9. The van der Waals surface area contributed by atoms with Gasteiger partial charge in [0.05, 0.1) is 17.5 Å². The van der Waals surface area contributed by atoms with Gasteiger partial charge in [0.25, 0.3) is 0 Å². The summed E-state index contributed by atoms with van der Waals surface area (Å²) in [4.78, 5) is 19.2. The molecule has 0 amide bonds. The van der Waals surface area contributed by atoms with Gasteiger partial charge in [-0.3, -0.25) is 9.78 Å². The van der Waals surface area contributed by atoms with E-state index in [4.69, 9.17) is 11.6 Å². The van der Waals surface area contributed by atoms with E-state index in [1.54, 1.807) is 18.6 Å². The summed E-state index contributed by atoms with van der Waals surface area (Å²) in [6.45, 7) is 4.12. The zero-order chi connectivity index (χ0) is 13.1. The maximum absolute atomic E-state index is 11.1. The fourth-order valence-corrected chi connectivity index (χ4v) is 1.94. The Balaban J connectivity index is 2.50. The number of hydrogen-bond acceptors (Lipinski definition) is 4. The summed E-state index contributed by atoms with van der Waals surface area (Å²) in [6, 6.07) is 0. The van der Waals surface area contributed by atoms with Gasteiger partial charge >= 0.3 is 0 Å². The van der Waals surface area contributed by atoms with E-state index in [2.05, 4.69) is 28.9 Å². The average Bonchev–Trinajstić information content (AvgIpc) is 2.66. The minimum absolute atomic E-state index is 0.279. The first-order chi connectivity index (χ1) is 8.63. The van der Waals surface area contributed by atoms with Gasteiger partial charge in [-0.05, 0) is 12.3 Å². The van der Waals surface area contributed by atoms with Crippen molar-refractivity contribution in [3.8, 4) is 5.82 Å². The molecule has 0 aliphatic rings. The second kappa shape index (κ2) is 5.27. The molecule has 0 aliphatic heterocycles. The van der Waals surface area contributed by atoms with Crippen molar-refractivity contribution < 1.29 is 4.79 Å². The molecular formula is C12H13ClN4O. The fraction of sp³-hybridized carbons (Fsp3) is 0.333. The Morgan fingerprint density at radius 1 is 1.44 bits per heavy atom. The maximum Gasteiger partial charge on any atom is 0.173 e. The molecule has 2 aromatic rings. The topological polar surface area (TPSA) is 60.7 Å². The Morgan fingerprint density at radius 2 is 2.22 bits per heavy atom. The number of hydrogen-bond donors (Lipinski definition) is 0. The minimum atomic E-state index is 0.279. The number of nitrogens with zero attached hydrogens (tertiary/aromatic N) is 4. The molecule has 0 aromatic carbocycles. The van der Waals surface area contributed by atoms with Crippen molar-refractivity contribution in [1.82, 2.24) is 19.7 Å². The maximum atomic E-state index is 11.1. The Hall–Kier alpha value is -1.75. The molecule has 0 saturated carbocycles. The van der Waals surface area contributed by atoms with Gasteiger partial charge in [-0.1, -0.05) is 25.4 Å². The van der Waals surface area contributed by atoms with Crippen LogP contribution in [0.25, 0.3) is 5.82 Å². The van der Waals surface area contributed by atoms with E-state index in [0.29, 0.717) is 29.4 Å². The van der Waals surface area contributed by atoms with Crippen molar-refractivity contribution in [2.24, 2.45) is 5.92 Å². The first kappa shape index (κ1) is 12.7. The molecule has 0 radical (unpaired) electrons. The fourth-order valence-electron chi connectivity index (χ4n) is 1.66. The smallest absolute Gasteiger partial charge is 0.173 e. The van der Waals surface area contributed by atoms with Crippen molar-refractivity contribution in [2.75, 3.05) is 0 Å². The molecule has 94 valence electrons. The lowest BCUT2D eigenvalue weighted by atomic mass is 10.1. The number of aromatic nitrogens is 4. The second-order valence-corrected chi connectivity index (χ2v) is 4.70. The molecule has 2 aromatic heterocycles. The molecule has 5 nitrogen and oxygen atoms in total. The largest absolute Gasteiger partial charge is 0.298 e. The number of aldehydes is 1. The third kappa shape index (κ3) is 2.41. The van der Waals surface area contributed by atoms with E-state index >= 15 is 0 Å². The molecule has 0 N–H and O–H groups in total. The molecule has 0 unspecified atom stereocenters. The molecule has 0 saturated heterocycles. The number of halogens is 1. The summed E-state index contributed by atoms with van der Waals surface area (Å²) in [5, 5.41) is 4.62. The molecule has 0 atom stereocenters. The van der Waals surface area contributed by atoms with Crippen LogP contribution in [0.3, 0.4) is 0 Å². The predicted molar refractivity (Wildman–Crippen MR) is 68.1 cm³/mol. The van der Waals surface area contributed by atoms with E-state index in [1.165, 1.54) is 4.68 Å². The number of carbonyl (C=O) groups is 1. The van der Waals surface area contributed by atoms with Crippen LogP contribution in [0.4, 0.5) is 0 Å². The first-order valence-corrected chi connectivity index (χ1v) is 6.00. The van der Waals surface area contributed by atoms with Crippen molar-refractivity contribution >= 4 is 17.9 Å². The molecule has 6 heteroatoms. The summed E-state index contributed by atoms with van der Waals surface area (Å²) in [6.07, 6.45) is 6.10. The van der Waals surface area contributed by atoms with E-state index in [1.807, 2.05) is 0 Å². The highest BCUT2D eigenvalue weighted by Gasteiger charge is 2.18. The SMILES string of the molecule is CC(C)Cc1nn(-c2cnccn2)c(Cl)c1C=O. The molecule has 18 heavy (non-hydrogen) atoms. The molecule has 0 aliphatic carbocycles. The molecule has 0 fully saturated rings. The van der Waals surface area contributed by atoms with Crippen molar-refractivity contribution in [2.45, 2.75) is 20.3 Å². The van der Waals surface area contributed by atoms with Gasteiger partial charge in [-0.15, -0.1) is 0 Å². The zero-order valence-electron chi connectivity index (χ0n) is 10.2. The van der Waals surface area contributed by atoms with Crippen LogP contribution in [0.1, 0.15) is 29.9 Å². The second-order valence-electron chi connectivity index (χ2n) is 4.34. The van der Waals surface area contributed by atoms with Crippen molar-refractivity contribution in [3.63, 3.8) is 0 Å². The predicted octanol–water partition coefficient (Wildman–Crippen LogP) is 2.33. The Kier molecular flexibility index (Phi) is 3.72. The molecule has 2 rings (SSSR count). The van der Waals surface area contributed by atoms with E-state index in [-0.39, 0.29) is 5.15 Å². The summed E-state index contributed by atoms with van der Waals surface area (Å²) in [5.74, 6) is 0.894. The highest BCUT2D eigenvalue weighted by Crippen LogP contribution is 2.22. The third-order valence-electron chi connectivity index (χ3n) is 2.43. The molecule has 0 bridgehead atoms. The number of carbonyl (C=O) groups excluding carboxylic acids is 1. The van der Waals surface area contributed by atoms with Gasteiger partial charge in [0.15, 0.2) is 12.1 Å². The van der Waals surface area contributed by atoms with Gasteiger partial charge in [-0.2, -0.15) is 5.10 Å². The standard InChI is InChI=1S/C12H13ClN4O/c1-8(2)5-10-9(7-18)12(13)17(16-10)11-6-14-3-4-15-11/h3-4,6-8H,5H2,1-2H3. The van der Waals surface area contributed by atoms with E-state index in [0.717, 1.165) is 6.29 Å². The summed E-state index contributed by atoms with van der Waals surface area (Å²) < 4.78 is 1.44. The quantitative estimate of drug-likeness (QED) is 0.795. The minimum Gasteiger partial charge on any atom is -0.298 e. The van der Waals surface area contributed by atoms with Gasteiger partial charge in [-0.25, -0.2) is 9.67 Å². The van der Waals surface area contributed by atoms with Crippen molar-refractivity contribution in [1.29, 1.82) is 0 Å². The van der Waals surface area contributed by atoms with Gasteiger partial charge < -0.3 is 0 Å². The molecule has 0 spiro atoms. The highest BCUT2D eigenvalue weighted by atomic mass is 35.5. The van der Waals surface area contributed by atoms with E-state index in [9.17, 15) is 4.79 Å². The molecule has 2 heterocycles. The highest BCUT2D eigenvalue weighted by molar-refractivity contribution is 6.32. The van der Waals surface area contributed by atoms with Crippen LogP contribution < -0.4 is 0 Å². The van der Waals surface area contributed by atoms with Gasteiger partial charge in [0.2, 0.25) is 0 Å². The van der Waals surface area contributed by atoms with Crippen LogP contribution in [0.2, 0.25) is 5.15 Å². The summed E-state index contributed by atoms with van der Waals surface area (Å²) in [7, 11) is 0. The summed E-state index contributed by atoms with van der Waals surface area (Å²) >= 11 is 6.15. The van der Waals surface area contributed by atoms with Crippen LogP contribution >= 0.6 is 11.6 Å². The molecular weight excluding hydrogens is 252 g/mol. The Bertz CT molecular complexity index is 551. The van der Waals surface area contributed by atoms with Crippen LogP contribution in [0.15, 0.2) is 18.6 Å². The average molecular weight is 265 g/mol. The third-order valence-corrected chi connectivity index (χ3v) is 2.79. The van der Waals surface area contributed by atoms with E-state index < -0.39 is 0 Å². The number of rotatable bonds is 4. The lowest BCUT2D eigenvalue weighted by Crippen LogP contribution is -2.02. The normalized spacial score (nSPS) is 10.9. The first-order valence-electron chi connectivity index (χ1n) is 5.62. The lowest BCUT2D eigenvalue weighted by molar-refractivity contribution is 0.112. The van der Waals surface area contributed by atoms with Crippen LogP contribution in [-0.4, -0.2) is 26.0 Å². The monoisotopic (exact) mass is 264 g/mol. The Labute approximate surface area is 110 Å². The van der Waals surface area contributed by atoms with Gasteiger partial charge in [0, 0.05) is 12.4 Å². The summed E-state index contributed by atoms with van der Waals surface area (Å²) in [5.41, 5.74) is 1.12. The van der Waals surface area contributed by atoms with Crippen LogP contribution in [0, 0.1) is 5.92 Å². The van der Waals surface area contributed by atoms with Crippen molar-refractivity contribution in [3.05, 3.63) is 35.0 Å². The van der Waals surface area contributed by atoms with Crippen LogP contribution in [0.5, 0.6) is 0 Å². The van der Waals surface area contributed by atoms with Crippen LogP contribution in [-0.2, 0) is 6.42 Å². The van der Waals surface area contributed by atoms with Gasteiger partial charge in [0.1, 0.15) is 5.15 Å². The lowest BCUT2D eigenvalue weighted by Gasteiger charge is -2.01.